The first kappa shape index (κ1) is 11.8. The highest BCUT2D eigenvalue weighted by molar-refractivity contribution is 4.91. The van der Waals surface area contributed by atoms with E-state index in [1.165, 1.54) is 0 Å². The molecule has 0 aliphatic carbocycles. The molecule has 3 unspecified atom stereocenters. The van der Waals surface area contributed by atoms with Crippen LogP contribution in [-0.2, 0) is 4.74 Å². The van der Waals surface area contributed by atoms with Gasteiger partial charge in [0.1, 0.15) is 30.5 Å². The molecule has 1 heterocycles. The third kappa shape index (κ3) is 2.04. The van der Waals surface area contributed by atoms with Crippen LogP contribution in [0.5, 0.6) is 0 Å². The molecule has 1 aliphatic heterocycles. The third-order valence-electron chi connectivity index (χ3n) is 2.19. The van der Waals surface area contributed by atoms with Crippen molar-refractivity contribution >= 4 is 0 Å². The number of rotatable bonds is 2. The maximum Gasteiger partial charge on any atom is 0.184 e. The summed E-state index contributed by atoms with van der Waals surface area (Å²) in [5, 5.41) is 54.3. The molecule has 14 heavy (non-hydrogen) atoms. The van der Waals surface area contributed by atoms with Gasteiger partial charge in [-0.05, 0) is 0 Å². The summed E-state index contributed by atoms with van der Waals surface area (Å²) in [4.78, 5) is 0. The standard InChI is InChI=1S/C7H14O7/c8-1-2(9)6-4(11)3(10)5(12)7(13)14-6/h2-13H,1H2/t2-,3?,4?,5+,6-,7?/m1/s1. The molecule has 1 rings (SSSR count). The molecule has 6 atom stereocenters. The topological polar surface area (TPSA) is 131 Å². The van der Waals surface area contributed by atoms with Gasteiger partial charge in [-0.1, -0.05) is 0 Å². The molecule has 0 aromatic heterocycles. The predicted octanol–water partition coefficient (Wildman–Crippen LogP) is -3.86. The fourth-order valence-corrected chi connectivity index (χ4v) is 1.31. The van der Waals surface area contributed by atoms with Crippen LogP contribution in [0.4, 0.5) is 0 Å². The van der Waals surface area contributed by atoms with Crippen LogP contribution < -0.4 is 0 Å². The average molecular weight is 210 g/mol. The third-order valence-corrected chi connectivity index (χ3v) is 2.19. The number of hydrogen-bond acceptors (Lipinski definition) is 7. The molecule has 0 radical (unpaired) electrons. The first-order chi connectivity index (χ1) is 6.49. The zero-order valence-electron chi connectivity index (χ0n) is 7.26. The van der Waals surface area contributed by atoms with Crippen molar-refractivity contribution in [3.8, 4) is 0 Å². The van der Waals surface area contributed by atoms with Crippen molar-refractivity contribution in [2.45, 2.75) is 36.8 Å². The fourth-order valence-electron chi connectivity index (χ4n) is 1.31. The van der Waals surface area contributed by atoms with Crippen LogP contribution in [0.15, 0.2) is 0 Å². The van der Waals surface area contributed by atoms with Crippen LogP contribution in [0.1, 0.15) is 0 Å². The van der Waals surface area contributed by atoms with Crippen LogP contribution in [-0.4, -0.2) is 74.1 Å². The number of aliphatic hydroxyl groups excluding tert-OH is 6. The summed E-state index contributed by atoms with van der Waals surface area (Å²) in [6.45, 7) is -0.683. The maximum atomic E-state index is 9.31. The summed E-state index contributed by atoms with van der Waals surface area (Å²) < 4.78 is 4.62. The van der Waals surface area contributed by atoms with Crippen molar-refractivity contribution in [3.05, 3.63) is 0 Å². The molecule has 84 valence electrons. The van der Waals surface area contributed by atoms with Gasteiger partial charge in [0.15, 0.2) is 6.29 Å². The van der Waals surface area contributed by atoms with Crippen LogP contribution in [0.25, 0.3) is 0 Å². The highest BCUT2D eigenvalue weighted by Crippen LogP contribution is 2.21. The van der Waals surface area contributed by atoms with Crippen molar-refractivity contribution in [3.63, 3.8) is 0 Å². The monoisotopic (exact) mass is 210 g/mol. The first-order valence-electron chi connectivity index (χ1n) is 4.15. The lowest BCUT2D eigenvalue weighted by Crippen LogP contribution is -2.61. The Kier molecular flexibility index (Phi) is 3.78. The molecule has 1 aliphatic rings. The van der Waals surface area contributed by atoms with Gasteiger partial charge in [-0.2, -0.15) is 0 Å². The Bertz CT molecular complexity index is 187. The summed E-state index contributed by atoms with van der Waals surface area (Å²) in [5.41, 5.74) is 0. The first-order valence-corrected chi connectivity index (χ1v) is 4.15. The van der Waals surface area contributed by atoms with E-state index in [0.29, 0.717) is 0 Å². The summed E-state index contributed by atoms with van der Waals surface area (Å²) in [6.07, 6.45) is -9.26. The second-order valence-electron chi connectivity index (χ2n) is 3.21. The van der Waals surface area contributed by atoms with E-state index in [-0.39, 0.29) is 0 Å². The lowest BCUT2D eigenvalue weighted by atomic mass is 9.96. The molecule has 6 N–H and O–H groups in total. The van der Waals surface area contributed by atoms with E-state index < -0.39 is 43.4 Å². The minimum absolute atomic E-state index is 0.683. The van der Waals surface area contributed by atoms with Crippen molar-refractivity contribution < 1.29 is 35.4 Å². The summed E-state index contributed by atoms with van der Waals surface area (Å²) in [7, 11) is 0. The number of ether oxygens (including phenoxy) is 1. The van der Waals surface area contributed by atoms with Gasteiger partial charge in [-0.3, -0.25) is 0 Å². The van der Waals surface area contributed by atoms with Crippen molar-refractivity contribution in [1.29, 1.82) is 0 Å². The van der Waals surface area contributed by atoms with Gasteiger partial charge in [0, 0.05) is 0 Å². The normalized spacial score (nSPS) is 46.3. The Balaban J connectivity index is 2.70. The van der Waals surface area contributed by atoms with Crippen LogP contribution in [0.3, 0.4) is 0 Å². The molecule has 1 fully saturated rings. The van der Waals surface area contributed by atoms with Crippen molar-refractivity contribution in [2.75, 3.05) is 6.61 Å². The van der Waals surface area contributed by atoms with Crippen molar-refractivity contribution in [1.82, 2.24) is 0 Å². The molecule has 0 spiro atoms. The van der Waals surface area contributed by atoms with E-state index in [1.807, 2.05) is 0 Å². The van der Waals surface area contributed by atoms with Gasteiger partial charge < -0.3 is 35.4 Å². The minimum atomic E-state index is -1.69. The quantitative estimate of drug-likeness (QED) is 0.275. The molecular formula is C7H14O7. The largest absolute Gasteiger partial charge is 0.394 e. The average Bonchev–Trinajstić information content (AvgIpc) is 2.19. The Morgan fingerprint density at radius 2 is 1.57 bits per heavy atom. The summed E-state index contributed by atoms with van der Waals surface area (Å²) in [5.74, 6) is 0. The van der Waals surface area contributed by atoms with Crippen LogP contribution >= 0.6 is 0 Å². The fraction of sp³-hybridized carbons (Fsp3) is 1.00. The smallest absolute Gasteiger partial charge is 0.184 e. The maximum absolute atomic E-state index is 9.31. The molecule has 7 heteroatoms. The van der Waals surface area contributed by atoms with E-state index in [4.69, 9.17) is 20.4 Å². The predicted molar refractivity (Wildman–Crippen MR) is 42.0 cm³/mol. The lowest BCUT2D eigenvalue weighted by Gasteiger charge is -2.39. The Hall–Kier alpha value is -0.280. The van der Waals surface area contributed by atoms with Gasteiger partial charge in [0.2, 0.25) is 0 Å². The SMILES string of the molecule is OC[C@@H](O)[C@H]1OC(O)[C@@H](O)C(O)C1O. The highest BCUT2D eigenvalue weighted by Gasteiger charge is 2.45. The van der Waals surface area contributed by atoms with Gasteiger partial charge in [0.05, 0.1) is 6.61 Å². The van der Waals surface area contributed by atoms with Crippen LogP contribution in [0.2, 0.25) is 0 Å². The minimum Gasteiger partial charge on any atom is -0.394 e. The van der Waals surface area contributed by atoms with E-state index in [0.717, 1.165) is 0 Å². The Morgan fingerprint density at radius 3 is 2.07 bits per heavy atom. The van der Waals surface area contributed by atoms with Gasteiger partial charge in [0.25, 0.3) is 0 Å². The van der Waals surface area contributed by atoms with Crippen LogP contribution in [0, 0.1) is 0 Å². The van der Waals surface area contributed by atoms with E-state index in [2.05, 4.69) is 4.74 Å². The van der Waals surface area contributed by atoms with E-state index >= 15 is 0 Å². The zero-order chi connectivity index (χ0) is 10.9. The molecule has 1 saturated heterocycles. The molecular weight excluding hydrogens is 196 g/mol. The summed E-state index contributed by atoms with van der Waals surface area (Å²) in [6, 6.07) is 0. The second-order valence-corrected chi connectivity index (χ2v) is 3.21. The van der Waals surface area contributed by atoms with E-state index in [9.17, 15) is 10.2 Å². The highest BCUT2D eigenvalue weighted by atomic mass is 16.6. The molecule has 0 saturated carbocycles. The number of hydrogen-bond donors (Lipinski definition) is 6. The molecule has 0 amide bonds. The second kappa shape index (κ2) is 4.49. The Labute approximate surface area is 79.8 Å². The molecule has 7 nitrogen and oxygen atoms in total. The molecule has 0 aromatic carbocycles. The number of aliphatic hydroxyl groups is 6. The van der Waals surface area contributed by atoms with Crippen molar-refractivity contribution in [2.24, 2.45) is 0 Å². The molecule has 0 aromatic rings. The summed E-state index contributed by atoms with van der Waals surface area (Å²) >= 11 is 0. The van der Waals surface area contributed by atoms with Gasteiger partial charge in [-0.15, -0.1) is 0 Å². The van der Waals surface area contributed by atoms with E-state index in [1.54, 1.807) is 0 Å². The van der Waals surface area contributed by atoms with Gasteiger partial charge >= 0.3 is 0 Å². The lowest BCUT2D eigenvalue weighted by molar-refractivity contribution is -0.298. The molecule has 0 bridgehead atoms. The van der Waals surface area contributed by atoms with Gasteiger partial charge in [-0.25, -0.2) is 0 Å². The zero-order valence-corrected chi connectivity index (χ0v) is 7.26. The Morgan fingerprint density at radius 1 is 1.00 bits per heavy atom.